The number of carbonyl (C=O) groups excluding carboxylic acids is 1. The highest BCUT2D eigenvalue weighted by Crippen LogP contribution is 2.35. The molecule has 4 rings (SSSR count). The zero-order chi connectivity index (χ0) is 17.3. The van der Waals surface area contributed by atoms with E-state index in [9.17, 15) is 4.79 Å². The van der Waals surface area contributed by atoms with Crippen LogP contribution in [0.4, 0.5) is 0 Å². The van der Waals surface area contributed by atoms with Gasteiger partial charge in [-0.05, 0) is 31.4 Å². The third kappa shape index (κ3) is 3.48. The fraction of sp³-hybridized carbons (Fsp3) is 0.737. The lowest BCUT2D eigenvalue weighted by Gasteiger charge is -2.38. The van der Waals surface area contributed by atoms with Crippen molar-refractivity contribution in [3.63, 3.8) is 0 Å². The van der Waals surface area contributed by atoms with Gasteiger partial charge in [-0.1, -0.05) is 6.92 Å². The van der Waals surface area contributed by atoms with E-state index in [0.29, 0.717) is 25.8 Å². The van der Waals surface area contributed by atoms with Gasteiger partial charge in [-0.2, -0.15) is 0 Å². The van der Waals surface area contributed by atoms with Gasteiger partial charge in [0.15, 0.2) is 5.79 Å². The van der Waals surface area contributed by atoms with Gasteiger partial charge in [-0.3, -0.25) is 9.69 Å². The molecule has 1 atom stereocenters. The van der Waals surface area contributed by atoms with E-state index in [1.54, 1.807) is 0 Å². The average Bonchev–Trinajstić information content (AvgIpc) is 3.27. The number of rotatable bonds is 4. The van der Waals surface area contributed by atoms with Crippen LogP contribution >= 0.6 is 0 Å². The standard InChI is InChI=1S/C19H29N3O3/c1-2-16-17-4-3-9-21(17)10-11-22(16)14-18(23)20-15-5-7-19(8-6-15)24-12-13-25-19/h3-4,9,15-16H,2,5-8,10-14H2,1H3,(H,20,23)/t16-/m1/s1. The first-order valence-electron chi connectivity index (χ1n) is 9.65. The van der Waals surface area contributed by atoms with Gasteiger partial charge in [0.25, 0.3) is 0 Å². The van der Waals surface area contributed by atoms with Crippen LogP contribution in [-0.4, -0.2) is 53.5 Å². The normalized spacial score (nSPS) is 26.7. The molecule has 1 saturated carbocycles. The summed E-state index contributed by atoms with van der Waals surface area (Å²) in [7, 11) is 0. The molecule has 3 aliphatic rings. The molecule has 6 nitrogen and oxygen atoms in total. The number of nitrogens with zero attached hydrogens (tertiary/aromatic N) is 2. The second-order valence-corrected chi connectivity index (χ2v) is 7.47. The van der Waals surface area contributed by atoms with E-state index in [4.69, 9.17) is 9.47 Å². The molecule has 1 aromatic rings. The SMILES string of the molecule is CC[C@@H]1c2cccn2CCN1CC(=O)NC1CCC2(CC1)OCCO2. The lowest BCUT2D eigenvalue weighted by atomic mass is 9.90. The van der Waals surface area contributed by atoms with Gasteiger partial charge in [0, 0.05) is 43.9 Å². The summed E-state index contributed by atoms with van der Waals surface area (Å²) in [5.41, 5.74) is 1.33. The fourth-order valence-electron chi connectivity index (χ4n) is 4.61. The van der Waals surface area contributed by atoms with Crippen molar-refractivity contribution in [3.05, 3.63) is 24.0 Å². The minimum absolute atomic E-state index is 0.146. The first-order valence-corrected chi connectivity index (χ1v) is 9.65. The Balaban J connectivity index is 1.29. The quantitative estimate of drug-likeness (QED) is 0.906. The molecule has 0 radical (unpaired) electrons. The second kappa shape index (κ2) is 7.09. The number of carbonyl (C=O) groups is 1. The largest absolute Gasteiger partial charge is 0.352 e. The second-order valence-electron chi connectivity index (χ2n) is 7.47. The van der Waals surface area contributed by atoms with E-state index in [1.165, 1.54) is 5.69 Å². The predicted molar refractivity (Wildman–Crippen MR) is 94.1 cm³/mol. The predicted octanol–water partition coefficient (Wildman–Crippen LogP) is 2.06. The van der Waals surface area contributed by atoms with Crippen LogP contribution in [0.5, 0.6) is 0 Å². The molecule has 1 spiro atoms. The van der Waals surface area contributed by atoms with Gasteiger partial charge < -0.3 is 19.4 Å². The van der Waals surface area contributed by atoms with E-state index in [-0.39, 0.29) is 17.7 Å². The summed E-state index contributed by atoms with van der Waals surface area (Å²) in [6, 6.07) is 4.87. The van der Waals surface area contributed by atoms with Crippen LogP contribution in [-0.2, 0) is 20.8 Å². The van der Waals surface area contributed by atoms with Crippen molar-refractivity contribution in [1.82, 2.24) is 14.8 Å². The molecule has 1 aromatic heterocycles. The van der Waals surface area contributed by atoms with Crippen molar-refractivity contribution in [2.24, 2.45) is 0 Å². The van der Waals surface area contributed by atoms with Crippen LogP contribution in [0.2, 0.25) is 0 Å². The van der Waals surface area contributed by atoms with Crippen molar-refractivity contribution in [1.29, 1.82) is 0 Å². The first kappa shape index (κ1) is 17.1. The summed E-state index contributed by atoms with van der Waals surface area (Å²) in [5.74, 6) is -0.208. The van der Waals surface area contributed by atoms with Crippen LogP contribution in [0, 0.1) is 0 Å². The van der Waals surface area contributed by atoms with E-state index < -0.39 is 0 Å². The fourth-order valence-corrected chi connectivity index (χ4v) is 4.61. The molecule has 0 aromatic carbocycles. The van der Waals surface area contributed by atoms with Crippen molar-refractivity contribution in [2.75, 3.05) is 26.3 Å². The maximum atomic E-state index is 12.6. The maximum absolute atomic E-state index is 12.6. The summed E-state index contributed by atoms with van der Waals surface area (Å²) >= 11 is 0. The third-order valence-corrected chi connectivity index (χ3v) is 5.93. The van der Waals surface area contributed by atoms with Crippen molar-refractivity contribution in [3.8, 4) is 0 Å². The summed E-state index contributed by atoms with van der Waals surface area (Å²) in [4.78, 5) is 14.9. The van der Waals surface area contributed by atoms with Gasteiger partial charge in [0.2, 0.25) is 5.91 Å². The van der Waals surface area contributed by atoms with Gasteiger partial charge in [-0.25, -0.2) is 0 Å². The Bertz CT molecular complexity index is 599. The summed E-state index contributed by atoms with van der Waals surface area (Å²) in [6.45, 7) is 5.98. The maximum Gasteiger partial charge on any atom is 0.234 e. The van der Waals surface area contributed by atoms with Gasteiger partial charge in [0.1, 0.15) is 0 Å². The molecule has 3 heterocycles. The molecule has 1 saturated heterocycles. The lowest BCUT2D eigenvalue weighted by molar-refractivity contribution is -0.180. The smallest absolute Gasteiger partial charge is 0.234 e. The van der Waals surface area contributed by atoms with Crippen LogP contribution < -0.4 is 5.32 Å². The van der Waals surface area contributed by atoms with Gasteiger partial charge >= 0.3 is 0 Å². The van der Waals surface area contributed by atoms with Crippen LogP contribution in [0.3, 0.4) is 0 Å². The number of ether oxygens (including phenoxy) is 2. The molecule has 1 amide bonds. The zero-order valence-electron chi connectivity index (χ0n) is 15.1. The number of amides is 1. The van der Waals surface area contributed by atoms with Crippen molar-refractivity contribution >= 4 is 5.91 Å². The Labute approximate surface area is 149 Å². The third-order valence-electron chi connectivity index (χ3n) is 5.93. The first-order chi connectivity index (χ1) is 12.2. The molecule has 2 fully saturated rings. The number of nitrogens with one attached hydrogen (secondary N) is 1. The van der Waals surface area contributed by atoms with E-state index in [0.717, 1.165) is 45.2 Å². The lowest BCUT2D eigenvalue weighted by Crippen LogP contribution is -2.48. The van der Waals surface area contributed by atoms with Crippen LogP contribution in [0.15, 0.2) is 18.3 Å². The molecular formula is C19H29N3O3. The highest BCUT2D eigenvalue weighted by Gasteiger charge is 2.40. The number of hydrogen-bond donors (Lipinski definition) is 1. The number of hydrogen-bond acceptors (Lipinski definition) is 4. The highest BCUT2D eigenvalue weighted by atomic mass is 16.7. The highest BCUT2D eigenvalue weighted by molar-refractivity contribution is 5.78. The zero-order valence-corrected chi connectivity index (χ0v) is 15.1. The molecular weight excluding hydrogens is 318 g/mol. The Morgan fingerprint density at radius 2 is 2.04 bits per heavy atom. The Morgan fingerprint density at radius 1 is 1.28 bits per heavy atom. The molecule has 0 bridgehead atoms. The Morgan fingerprint density at radius 3 is 2.76 bits per heavy atom. The monoisotopic (exact) mass is 347 g/mol. The van der Waals surface area contributed by atoms with Gasteiger partial charge in [-0.15, -0.1) is 0 Å². The van der Waals surface area contributed by atoms with Crippen LogP contribution in [0.25, 0.3) is 0 Å². The molecule has 1 aliphatic carbocycles. The Hall–Kier alpha value is -1.37. The van der Waals surface area contributed by atoms with E-state index in [1.807, 2.05) is 0 Å². The Kier molecular flexibility index (Phi) is 4.84. The van der Waals surface area contributed by atoms with Crippen molar-refractivity contribution < 1.29 is 14.3 Å². The average molecular weight is 347 g/mol. The summed E-state index contributed by atoms with van der Waals surface area (Å²) in [5, 5.41) is 3.24. The number of fused-ring (bicyclic) bond motifs is 1. The summed E-state index contributed by atoms with van der Waals surface area (Å²) in [6.07, 6.45) is 6.80. The van der Waals surface area contributed by atoms with E-state index >= 15 is 0 Å². The topological polar surface area (TPSA) is 55.7 Å². The molecule has 1 N–H and O–H groups in total. The summed E-state index contributed by atoms with van der Waals surface area (Å²) < 4.78 is 13.8. The molecule has 25 heavy (non-hydrogen) atoms. The van der Waals surface area contributed by atoms with Crippen LogP contribution in [0.1, 0.15) is 50.8 Å². The van der Waals surface area contributed by atoms with Crippen molar-refractivity contribution in [2.45, 2.75) is 63.4 Å². The molecule has 138 valence electrons. The minimum Gasteiger partial charge on any atom is -0.352 e. The van der Waals surface area contributed by atoms with Gasteiger partial charge in [0.05, 0.1) is 25.8 Å². The van der Waals surface area contributed by atoms with E-state index in [2.05, 4.69) is 40.0 Å². The minimum atomic E-state index is -0.354. The molecule has 6 heteroatoms. The number of aromatic nitrogens is 1. The molecule has 0 unspecified atom stereocenters. The molecule has 2 aliphatic heterocycles.